The number of carbonyl (C=O) groups is 1. The van der Waals surface area contributed by atoms with Gasteiger partial charge in [-0.1, -0.05) is 12.1 Å². The second-order valence-electron chi connectivity index (χ2n) is 7.52. The molecule has 2 aromatic rings. The molecule has 0 aliphatic carbocycles. The summed E-state index contributed by atoms with van der Waals surface area (Å²) in [6.07, 6.45) is 1.69. The van der Waals surface area contributed by atoms with E-state index in [-0.39, 0.29) is 17.8 Å². The van der Waals surface area contributed by atoms with Crippen molar-refractivity contribution in [2.24, 2.45) is 0 Å². The van der Waals surface area contributed by atoms with Crippen molar-refractivity contribution in [3.05, 3.63) is 29.7 Å². The maximum Gasteiger partial charge on any atom is 0.251 e. The second-order valence-corrected chi connectivity index (χ2v) is 7.52. The van der Waals surface area contributed by atoms with Gasteiger partial charge >= 0.3 is 0 Å². The maximum absolute atomic E-state index is 13.3. The summed E-state index contributed by atoms with van der Waals surface area (Å²) in [5.41, 5.74) is 1.32. The first-order valence-electron chi connectivity index (χ1n) is 10.1. The Balaban J connectivity index is 1.90. The van der Waals surface area contributed by atoms with Crippen LogP contribution in [0.15, 0.2) is 22.7 Å². The average molecular weight is 394 g/mol. The van der Waals surface area contributed by atoms with Crippen LogP contribution >= 0.6 is 0 Å². The number of fused-ring (bicyclic) bond motifs is 1. The number of carbonyl (C=O) groups excluding carboxylic acids is 1. The zero-order chi connectivity index (χ0) is 20.7. The molecule has 1 amide bonds. The molecule has 0 saturated heterocycles. The normalized spacial score (nSPS) is 12.9. The lowest BCUT2D eigenvalue weighted by molar-refractivity contribution is -0.141. The van der Waals surface area contributed by atoms with E-state index in [1.54, 1.807) is 11.0 Å². The fourth-order valence-corrected chi connectivity index (χ4v) is 3.38. The van der Waals surface area contributed by atoms with Crippen LogP contribution in [0.3, 0.4) is 0 Å². The number of nitrogens with zero attached hydrogens (tertiary/aromatic N) is 3. The number of halogens is 1. The quantitative estimate of drug-likeness (QED) is 0.635. The van der Waals surface area contributed by atoms with E-state index in [9.17, 15) is 14.3 Å². The van der Waals surface area contributed by atoms with Gasteiger partial charge in [-0.3, -0.25) is 4.79 Å². The van der Waals surface area contributed by atoms with E-state index < -0.39 is 6.10 Å². The Hall–Kier alpha value is -1.99. The molecule has 28 heavy (non-hydrogen) atoms. The molecular formula is C21H32FN3O3. The molecule has 156 valence electrons. The van der Waals surface area contributed by atoms with Crippen LogP contribution in [0.4, 0.5) is 4.39 Å². The molecule has 0 bridgehead atoms. The molecule has 0 aliphatic heterocycles. The molecule has 1 aromatic carbocycles. The summed E-state index contributed by atoms with van der Waals surface area (Å²) >= 11 is 0. The first-order chi connectivity index (χ1) is 13.3. The Bertz CT molecular complexity index is 760. The lowest BCUT2D eigenvalue weighted by atomic mass is 10.1. The highest BCUT2D eigenvalue weighted by Gasteiger charge is 2.21. The van der Waals surface area contributed by atoms with E-state index in [0.717, 1.165) is 50.0 Å². The smallest absolute Gasteiger partial charge is 0.251 e. The minimum Gasteiger partial charge on any atom is -0.384 e. The van der Waals surface area contributed by atoms with Crippen LogP contribution in [0.2, 0.25) is 0 Å². The van der Waals surface area contributed by atoms with E-state index in [1.165, 1.54) is 19.1 Å². The molecule has 1 atom stereocenters. The molecule has 0 radical (unpaired) electrons. The van der Waals surface area contributed by atoms with Gasteiger partial charge in [-0.2, -0.15) is 0 Å². The van der Waals surface area contributed by atoms with Gasteiger partial charge in [0.2, 0.25) is 0 Å². The Morgan fingerprint density at radius 1 is 1.21 bits per heavy atom. The van der Waals surface area contributed by atoms with E-state index >= 15 is 0 Å². The van der Waals surface area contributed by atoms with Crippen molar-refractivity contribution in [1.82, 2.24) is 15.0 Å². The Morgan fingerprint density at radius 2 is 1.96 bits per heavy atom. The van der Waals surface area contributed by atoms with E-state index in [4.69, 9.17) is 4.52 Å². The van der Waals surface area contributed by atoms with Gasteiger partial charge in [0.05, 0.1) is 5.69 Å². The minimum absolute atomic E-state index is 0.0486. The number of aliphatic hydroxyl groups is 1. The van der Waals surface area contributed by atoms with Crippen molar-refractivity contribution in [3.63, 3.8) is 0 Å². The van der Waals surface area contributed by atoms with Gasteiger partial charge in [-0.25, -0.2) is 4.39 Å². The summed E-state index contributed by atoms with van der Waals surface area (Å²) in [6.45, 7) is 10.7. The number of aliphatic hydroxyl groups excluding tert-OH is 1. The highest BCUT2D eigenvalue weighted by molar-refractivity contribution is 5.80. The van der Waals surface area contributed by atoms with Gasteiger partial charge < -0.3 is 19.4 Å². The number of hydrogen-bond acceptors (Lipinski definition) is 5. The number of amides is 1. The lowest BCUT2D eigenvalue weighted by Gasteiger charge is -2.31. The zero-order valence-electron chi connectivity index (χ0n) is 17.3. The van der Waals surface area contributed by atoms with Crippen LogP contribution in [0.1, 0.15) is 46.2 Å². The molecule has 0 aliphatic rings. The Morgan fingerprint density at radius 3 is 2.61 bits per heavy atom. The van der Waals surface area contributed by atoms with Gasteiger partial charge in [-0.15, -0.1) is 0 Å². The van der Waals surface area contributed by atoms with Crippen LogP contribution in [0, 0.1) is 5.82 Å². The summed E-state index contributed by atoms with van der Waals surface area (Å²) in [7, 11) is 0. The molecular weight excluding hydrogens is 361 g/mol. The topological polar surface area (TPSA) is 69.8 Å². The summed E-state index contributed by atoms with van der Waals surface area (Å²) in [4.78, 5) is 16.2. The van der Waals surface area contributed by atoms with Crippen LogP contribution in [0.5, 0.6) is 0 Å². The number of benzene rings is 1. The van der Waals surface area contributed by atoms with Crippen molar-refractivity contribution in [2.75, 3.05) is 26.2 Å². The van der Waals surface area contributed by atoms with Crippen LogP contribution in [0.25, 0.3) is 11.0 Å². The fraction of sp³-hybridized carbons (Fsp3) is 0.619. The standard InChI is InChI=1S/C21H32FN3O3/c1-5-10-24(12-13-25(15(2)3)21(27)16(4)26)11-6-7-19-18-9-8-17(22)14-20(18)28-23-19/h8-9,14-16,26H,5-7,10-13H2,1-4H3. The van der Waals surface area contributed by atoms with Gasteiger partial charge in [0.1, 0.15) is 11.9 Å². The van der Waals surface area contributed by atoms with Crippen molar-refractivity contribution in [3.8, 4) is 0 Å². The van der Waals surface area contributed by atoms with Gasteiger partial charge in [0.25, 0.3) is 5.91 Å². The number of aromatic nitrogens is 1. The van der Waals surface area contributed by atoms with Gasteiger partial charge in [-0.05, 0) is 65.3 Å². The van der Waals surface area contributed by atoms with Crippen LogP contribution in [-0.2, 0) is 11.2 Å². The highest BCUT2D eigenvalue weighted by atomic mass is 19.1. The minimum atomic E-state index is -0.979. The zero-order valence-corrected chi connectivity index (χ0v) is 17.3. The molecule has 1 aromatic heterocycles. The van der Waals surface area contributed by atoms with Crippen molar-refractivity contribution in [1.29, 1.82) is 0 Å². The number of hydrogen-bond donors (Lipinski definition) is 1. The third kappa shape index (κ3) is 6.01. The molecule has 1 N–H and O–H groups in total. The summed E-state index contributed by atoms with van der Waals surface area (Å²) in [5, 5.41) is 14.6. The maximum atomic E-state index is 13.3. The first-order valence-corrected chi connectivity index (χ1v) is 10.1. The molecule has 2 rings (SSSR count). The molecule has 0 saturated carbocycles. The molecule has 0 fully saturated rings. The van der Waals surface area contributed by atoms with Gasteiger partial charge in [0, 0.05) is 30.6 Å². The van der Waals surface area contributed by atoms with Crippen molar-refractivity contribution < 1.29 is 18.8 Å². The van der Waals surface area contributed by atoms with E-state index in [0.29, 0.717) is 12.1 Å². The van der Waals surface area contributed by atoms with E-state index in [2.05, 4.69) is 17.0 Å². The second kappa shape index (κ2) is 10.5. The van der Waals surface area contributed by atoms with Crippen molar-refractivity contribution >= 4 is 16.9 Å². The Kier molecular flexibility index (Phi) is 8.38. The average Bonchev–Trinajstić information content (AvgIpc) is 3.03. The lowest BCUT2D eigenvalue weighted by Crippen LogP contribution is -2.46. The monoisotopic (exact) mass is 393 g/mol. The predicted molar refractivity (Wildman–Crippen MR) is 108 cm³/mol. The predicted octanol–water partition coefficient (Wildman–Crippen LogP) is 3.23. The largest absolute Gasteiger partial charge is 0.384 e. The summed E-state index contributed by atoms with van der Waals surface area (Å²) in [5.74, 6) is -0.557. The van der Waals surface area contributed by atoms with Crippen LogP contribution in [-0.4, -0.2) is 64.3 Å². The summed E-state index contributed by atoms with van der Waals surface area (Å²) in [6, 6.07) is 4.54. The van der Waals surface area contributed by atoms with Gasteiger partial charge in [0.15, 0.2) is 5.58 Å². The number of rotatable bonds is 11. The first kappa shape index (κ1) is 22.3. The number of aryl methyl sites for hydroxylation is 1. The Labute approximate surface area is 166 Å². The van der Waals surface area contributed by atoms with E-state index in [1.807, 2.05) is 13.8 Å². The summed E-state index contributed by atoms with van der Waals surface area (Å²) < 4.78 is 18.5. The molecule has 1 heterocycles. The van der Waals surface area contributed by atoms with Crippen molar-refractivity contribution in [2.45, 2.75) is 59.1 Å². The van der Waals surface area contributed by atoms with Crippen LogP contribution < -0.4 is 0 Å². The molecule has 6 nitrogen and oxygen atoms in total. The third-order valence-electron chi connectivity index (χ3n) is 4.86. The fourth-order valence-electron chi connectivity index (χ4n) is 3.38. The SMILES string of the molecule is CCCN(CCCc1noc2cc(F)ccc12)CCN(C(=O)C(C)O)C(C)C. The highest BCUT2D eigenvalue weighted by Crippen LogP contribution is 2.20. The molecule has 7 heteroatoms. The third-order valence-corrected chi connectivity index (χ3v) is 4.86. The molecule has 1 unspecified atom stereocenters. The molecule has 0 spiro atoms.